The van der Waals surface area contributed by atoms with Crippen LogP contribution < -0.4 is 5.32 Å². The predicted molar refractivity (Wildman–Crippen MR) is 128 cm³/mol. The Balaban J connectivity index is 1.41. The van der Waals surface area contributed by atoms with Crippen LogP contribution in [0.3, 0.4) is 0 Å². The summed E-state index contributed by atoms with van der Waals surface area (Å²) in [6.45, 7) is 6.80. The van der Waals surface area contributed by atoms with E-state index in [2.05, 4.69) is 29.3 Å². The second-order valence-corrected chi connectivity index (χ2v) is 8.88. The smallest absolute Gasteiger partial charge is 0.407 e. The highest BCUT2D eigenvalue weighted by atomic mass is 16.5. The molecule has 1 fully saturated rings. The van der Waals surface area contributed by atoms with Crippen LogP contribution in [-0.2, 0) is 14.3 Å². The highest BCUT2D eigenvalue weighted by Gasteiger charge is 2.34. The van der Waals surface area contributed by atoms with Crippen molar-refractivity contribution in [2.45, 2.75) is 38.3 Å². The molecular weight excluding hydrogens is 434 g/mol. The van der Waals surface area contributed by atoms with Crippen molar-refractivity contribution in [1.29, 1.82) is 0 Å². The zero-order valence-electron chi connectivity index (χ0n) is 19.6. The van der Waals surface area contributed by atoms with E-state index in [4.69, 9.17) is 4.74 Å². The van der Waals surface area contributed by atoms with Crippen LogP contribution in [0.4, 0.5) is 4.79 Å². The molecule has 2 aromatic rings. The van der Waals surface area contributed by atoms with Crippen LogP contribution in [0.15, 0.2) is 48.5 Å². The van der Waals surface area contributed by atoms with Crippen LogP contribution in [0.2, 0.25) is 0 Å². The number of likely N-dealkylation sites (N-methyl/N-ethyl adjacent to an activating group) is 1. The summed E-state index contributed by atoms with van der Waals surface area (Å²) in [4.78, 5) is 41.0. The van der Waals surface area contributed by atoms with Crippen LogP contribution in [-0.4, -0.2) is 77.7 Å². The van der Waals surface area contributed by atoms with Gasteiger partial charge in [-0.25, -0.2) is 4.79 Å². The minimum Gasteiger partial charge on any atom is -0.481 e. The fraction of sp³-hybridized carbons (Fsp3) is 0.423. The van der Waals surface area contributed by atoms with Gasteiger partial charge in [-0.3, -0.25) is 14.5 Å². The molecule has 2 aromatic carbocycles. The number of nitrogens with zero attached hydrogens (tertiary/aromatic N) is 2. The van der Waals surface area contributed by atoms with Crippen molar-refractivity contribution in [3.05, 3.63) is 59.7 Å². The van der Waals surface area contributed by atoms with Gasteiger partial charge in [0.05, 0.1) is 6.42 Å². The first-order valence-corrected chi connectivity index (χ1v) is 11.7. The van der Waals surface area contributed by atoms with Crippen molar-refractivity contribution < 1.29 is 24.2 Å². The van der Waals surface area contributed by atoms with Gasteiger partial charge in [-0.1, -0.05) is 55.5 Å². The highest BCUT2D eigenvalue weighted by molar-refractivity contribution is 5.89. The Bertz CT molecular complexity index is 1030. The number of carboxylic acids is 1. The number of amides is 2. The van der Waals surface area contributed by atoms with Crippen molar-refractivity contribution in [1.82, 2.24) is 15.1 Å². The zero-order valence-corrected chi connectivity index (χ0v) is 19.6. The van der Waals surface area contributed by atoms with Crippen LogP contribution in [0.5, 0.6) is 0 Å². The topological polar surface area (TPSA) is 99.2 Å². The minimum atomic E-state index is -1.17. The summed E-state index contributed by atoms with van der Waals surface area (Å²) in [5.74, 6) is -1.66. The predicted octanol–water partition coefficient (Wildman–Crippen LogP) is 2.92. The van der Waals surface area contributed by atoms with Gasteiger partial charge in [-0.05, 0) is 35.7 Å². The first kappa shape index (κ1) is 23.8. The number of ether oxygens (including phenoxy) is 1. The molecule has 1 aliphatic carbocycles. The van der Waals surface area contributed by atoms with Gasteiger partial charge in [-0.15, -0.1) is 0 Å². The van der Waals surface area contributed by atoms with Crippen molar-refractivity contribution in [2.75, 3.05) is 32.8 Å². The third-order valence-electron chi connectivity index (χ3n) is 6.80. The number of nitrogens with one attached hydrogen (secondary N) is 1. The maximum Gasteiger partial charge on any atom is 0.407 e. The first-order valence-electron chi connectivity index (χ1n) is 11.7. The number of carbonyl (C=O) groups is 3. The van der Waals surface area contributed by atoms with E-state index >= 15 is 0 Å². The molecule has 2 amide bonds. The third kappa shape index (κ3) is 4.92. The maximum absolute atomic E-state index is 13.1. The number of alkyl carbamates (subject to hydrolysis) is 1. The standard InChI is InChI=1S/C26H31N3O5/c1-3-28-12-13-29(15-17(28)2)25(32)23(14-24(30)31)27-26(33)34-16-22-20-10-6-4-8-18(20)19-9-5-7-11-21(19)22/h4-11,17,22-23H,3,12-16H2,1-2H3,(H,27,33)(H,30,31). The fourth-order valence-electron chi connectivity index (χ4n) is 5.04. The zero-order chi connectivity index (χ0) is 24.2. The Morgan fingerprint density at radius 1 is 1.06 bits per heavy atom. The average Bonchev–Trinajstić information content (AvgIpc) is 3.15. The van der Waals surface area contributed by atoms with Crippen molar-refractivity contribution in [3.63, 3.8) is 0 Å². The van der Waals surface area contributed by atoms with Gasteiger partial charge in [0, 0.05) is 31.6 Å². The third-order valence-corrected chi connectivity index (χ3v) is 6.80. The lowest BCUT2D eigenvalue weighted by Crippen LogP contribution is -2.58. The molecule has 0 spiro atoms. The van der Waals surface area contributed by atoms with E-state index < -0.39 is 30.4 Å². The summed E-state index contributed by atoms with van der Waals surface area (Å²) in [5.41, 5.74) is 4.40. The quantitative estimate of drug-likeness (QED) is 0.652. The number of piperazine rings is 1. The van der Waals surface area contributed by atoms with E-state index in [0.717, 1.165) is 28.8 Å². The van der Waals surface area contributed by atoms with Crippen molar-refractivity contribution in [3.8, 4) is 11.1 Å². The number of benzene rings is 2. The van der Waals surface area contributed by atoms with Gasteiger partial charge < -0.3 is 20.1 Å². The molecule has 0 aromatic heterocycles. The van der Waals surface area contributed by atoms with Crippen LogP contribution in [0, 0.1) is 0 Å². The molecule has 8 nitrogen and oxygen atoms in total. The van der Waals surface area contributed by atoms with Gasteiger partial charge in [0.25, 0.3) is 0 Å². The second-order valence-electron chi connectivity index (χ2n) is 8.88. The molecule has 2 N–H and O–H groups in total. The van der Waals surface area contributed by atoms with Crippen molar-refractivity contribution >= 4 is 18.0 Å². The van der Waals surface area contributed by atoms with E-state index in [1.54, 1.807) is 4.90 Å². The Morgan fingerprint density at radius 2 is 1.68 bits per heavy atom. The number of hydrogen-bond donors (Lipinski definition) is 2. The molecule has 1 aliphatic heterocycles. The van der Waals surface area contributed by atoms with Crippen LogP contribution >= 0.6 is 0 Å². The monoisotopic (exact) mass is 465 g/mol. The molecule has 180 valence electrons. The Kier molecular flexibility index (Phi) is 7.17. The number of aliphatic carboxylic acids is 1. The molecular formula is C26H31N3O5. The number of carbonyl (C=O) groups excluding carboxylic acids is 2. The molecule has 34 heavy (non-hydrogen) atoms. The number of fused-ring (bicyclic) bond motifs is 3. The number of carboxylic acid groups (broad SMARTS) is 1. The Labute approximate surface area is 199 Å². The summed E-state index contributed by atoms with van der Waals surface area (Å²) >= 11 is 0. The molecule has 1 heterocycles. The van der Waals surface area contributed by atoms with Gasteiger partial charge >= 0.3 is 12.1 Å². The average molecular weight is 466 g/mol. The molecule has 0 bridgehead atoms. The molecule has 1 saturated heterocycles. The van der Waals surface area contributed by atoms with Gasteiger partial charge in [0.2, 0.25) is 5.91 Å². The summed E-state index contributed by atoms with van der Waals surface area (Å²) in [6, 6.07) is 15.0. The normalized spacial score (nSPS) is 18.6. The fourth-order valence-corrected chi connectivity index (χ4v) is 5.04. The maximum atomic E-state index is 13.1. The number of rotatable bonds is 7. The SMILES string of the molecule is CCN1CCN(C(=O)C(CC(=O)O)NC(=O)OCC2c3ccccc3-c3ccccc32)CC1C. The highest BCUT2D eigenvalue weighted by Crippen LogP contribution is 2.44. The summed E-state index contributed by atoms with van der Waals surface area (Å²) in [6.07, 6.45) is -1.28. The molecule has 2 aliphatic rings. The van der Waals surface area contributed by atoms with E-state index in [-0.39, 0.29) is 18.6 Å². The second kappa shape index (κ2) is 10.3. The summed E-state index contributed by atoms with van der Waals surface area (Å²) in [5, 5.41) is 11.8. The molecule has 0 saturated carbocycles. The molecule has 8 heteroatoms. The van der Waals surface area contributed by atoms with E-state index in [0.29, 0.717) is 19.6 Å². The lowest BCUT2D eigenvalue weighted by Gasteiger charge is -2.40. The number of hydrogen-bond acceptors (Lipinski definition) is 5. The molecule has 2 unspecified atom stereocenters. The largest absolute Gasteiger partial charge is 0.481 e. The molecule has 0 radical (unpaired) electrons. The van der Waals surface area contributed by atoms with Crippen LogP contribution in [0.25, 0.3) is 11.1 Å². The van der Waals surface area contributed by atoms with Gasteiger partial charge in [-0.2, -0.15) is 0 Å². The summed E-state index contributed by atoms with van der Waals surface area (Å²) < 4.78 is 5.52. The van der Waals surface area contributed by atoms with E-state index in [1.807, 2.05) is 43.3 Å². The Morgan fingerprint density at radius 3 is 2.24 bits per heavy atom. The van der Waals surface area contributed by atoms with Crippen LogP contribution in [0.1, 0.15) is 37.3 Å². The van der Waals surface area contributed by atoms with E-state index in [1.165, 1.54) is 0 Å². The lowest BCUT2D eigenvalue weighted by atomic mass is 9.98. The Hall–Kier alpha value is -3.39. The van der Waals surface area contributed by atoms with Gasteiger partial charge in [0.1, 0.15) is 12.6 Å². The minimum absolute atomic E-state index is 0.0973. The summed E-state index contributed by atoms with van der Waals surface area (Å²) in [7, 11) is 0. The lowest BCUT2D eigenvalue weighted by molar-refractivity contribution is -0.143. The molecule has 2 atom stereocenters. The van der Waals surface area contributed by atoms with Gasteiger partial charge in [0.15, 0.2) is 0 Å². The van der Waals surface area contributed by atoms with Crippen molar-refractivity contribution in [2.24, 2.45) is 0 Å². The van der Waals surface area contributed by atoms with E-state index in [9.17, 15) is 19.5 Å². The first-order chi connectivity index (χ1) is 16.4. The molecule has 4 rings (SSSR count).